The quantitative estimate of drug-likeness (QED) is 0.654. The minimum Gasteiger partial charge on any atom is -0.370 e. The summed E-state index contributed by atoms with van der Waals surface area (Å²) in [5.74, 6) is -0.254. The van der Waals surface area contributed by atoms with Crippen LogP contribution >= 0.6 is 0 Å². The number of hydrogen-bond acceptors (Lipinski definition) is 2. The van der Waals surface area contributed by atoms with E-state index in [0.717, 1.165) is 19.5 Å². The molecule has 0 unspecified atom stereocenters. The Hall–Kier alpha value is -1.29. The molecule has 0 atom stereocenters. The first kappa shape index (κ1) is 11.8. The molecular weight excluding hydrogens is 190 g/mol. The fraction of sp³-hybridized carbons (Fsp3) is 0.545. The van der Waals surface area contributed by atoms with E-state index >= 15 is 0 Å². The van der Waals surface area contributed by atoms with Crippen LogP contribution in [-0.2, 0) is 17.9 Å². The topological polar surface area (TPSA) is 60.1 Å². The standard InChI is InChI=1S/C11H19N3O/c1-2-6-13-9-10-4-3-7-14(10)8-5-11(12)15/h3-4,7,13H,2,5-6,8-9H2,1H3,(H2,12,15). The molecule has 0 spiro atoms. The Bertz CT molecular complexity index is 307. The molecule has 0 aliphatic heterocycles. The van der Waals surface area contributed by atoms with Crippen molar-refractivity contribution in [2.75, 3.05) is 6.54 Å². The third kappa shape index (κ3) is 4.16. The molecule has 1 aromatic heterocycles. The predicted molar refractivity (Wildman–Crippen MR) is 60.2 cm³/mol. The summed E-state index contributed by atoms with van der Waals surface area (Å²) in [5, 5.41) is 3.33. The van der Waals surface area contributed by atoms with Crippen LogP contribution in [0.1, 0.15) is 25.5 Å². The van der Waals surface area contributed by atoms with Gasteiger partial charge in [0.2, 0.25) is 5.91 Å². The van der Waals surface area contributed by atoms with Crippen LogP contribution < -0.4 is 11.1 Å². The Kier molecular flexibility index (Phi) is 4.90. The van der Waals surface area contributed by atoms with Crippen LogP contribution in [0.2, 0.25) is 0 Å². The molecule has 0 saturated heterocycles. The van der Waals surface area contributed by atoms with Crippen LogP contribution in [0, 0.1) is 0 Å². The molecular formula is C11H19N3O. The minimum absolute atomic E-state index is 0.254. The highest BCUT2D eigenvalue weighted by Crippen LogP contribution is 2.03. The summed E-state index contributed by atoms with van der Waals surface area (Å²) in [6.45, 7) is 4.67. The van der Waals surface area contributed by atoms with E-state index in [1.165, 1.54) is 5.69 Å². The van der Waals surface area contributed by atoms with Gasteiger partial charge in [-0.2, -0.15) is 0 Å². The molecule has 1 heterocycles. The van der Waals surface area contributed by atoms with Crippen LogP contribution in [0.3, 0.4) is 0 Å². The molecule has 1 amide bonds. The molecule has 0 aliphatic carbocycles. The molecule has 0 fully saturated rings. The Balaban J connectivity index is 2.42. The molecule has 84 valence electrons. The average Bonchev–Trinajstić information content (AvgIpc) is 2.63. The average molecular weight is 209 g/mol. The number of nitrogens with one attached hydrogen (secondary N) is 1. The second kappa shape index (κ2) is 6.24. The Morgan fingerprint density at radius 2 is 2.40 bits per heavy atom. The fourth-order valence-corrected chi connectivity index (χ4v) is 1.45. The van der Waals surface area contributed by atoms with Crippen LogP contribution in [0.15, 0.2) is 18.3 Å². The van der Waals surface area contributed by atoms with Crippen LogP contribution in [0.5, 0.6) is 0 Å². The van der Waals surface area contributed by atoms with Crippen molar-refractivity contribution in [3.05, 3.63) is 24.0 Å². The van der Waals surface area contributed by atoms with E-state index in [2.05, 4.69) is 22.9 Å². The van der Waals surface area contributed by atoms with Crippen molar-refractivity contribution in [1.29, 1.82) is 0 Å². The number of aryl methyl sites for hydroxylation is 1. The highest BCUT2D eigenvalue weighted by Gasteiger charge is 2.01. The van der Waals surface area contributed by atoms with Crippen LogP contribution in [0.4, 0.5) is 0 Å². The third-order valence-electron chi connectivity index (χ3n) is 2.26. The molecule has 1 aromatic rings. The number of hydrogen-bond donors (Lipinski definition) is 2. The van der Waals surface area contributed by atoms with E-state index < -0.39 is 0 Å². The van der Waals surface area contributed by atoms with E-state index in [0.29, 0.717) is 13.0 Å². The van der Waals surface area contributed by atoms with Crippen LogP contribution in [-0.4, -0.2) is 17.0 Å². The molecule has 1 rings (SSSR count). The Morgan fingerprint density at radius 3 is 3.07 bits per heavy atom. The molecule has 0 bridgehead atoms. The van der Waals surface area contributed by atoms with E-state index in [4.69, 9.17) is 5.73 Å². The highest BCUT2D eigenvalue weighted by molar-refractivity contribution is 5.73. The van der Waals surface area contributed by atoms with E-state index in [1.54, 1.807) is 0 Å². The maximum Gasteiger partial charge on any atom is 0.219 e. The molecule has 0 saturated carbocycles. The molecule has 0 aliphatic rings. The van der Waals surface area contributed by atoms with Gasteiger partial charge in [0, 0.05) is 31.4 Å². The molecule has 3 N–H and O–H groups in total. The lowest BCUT2D eigenvalue weighted by Gasteiger charge is -2.08. The van der Waals surface area contributed by atoms with Crippen molar-refractivity contribution in [3.8, 4) is 0 Å². The number of amides is 1. The molecule has 0 radical (unpaired) electrons. The maximum absolute atomic E-state index is 10.7. The largest absolute Gasteiger partial charge is 0.370 e. The summed E-state index contributed by atoms with van der Waals surface area (Å²) in [4.78, 5) is 10.7. The van der Waals surface area contributed by atoms with Gasteiger partial charge >= 0.3 is 0 Å². The smallest absolute Gasteiger partial charge is 0.219 e. The van der Waals surface area contributed by atoms with E-state index in [1.807, 2.05) is 12.3 Å². The van der Waals surface area contributed by atoms with Gasteiger partial charge in [0.05, 0.1) is 0 Å². The maximum atomic E-state index is 10.7. The molecule has 4 nitrogen and oxygen atoms in total. The zero-order valence-corrected chi connectivity index (χ0v) is 9.20. The molecule has 0 aromatic carbocycles. The number of nitrogens with two attached hydrogens (primary N) is 1. The second-order valence-corrected chi connectivity index (χ2v) is 3.59. The monoisotopic (exact) mass is 209 g/mol. The minimum atomic E-state index is -0.254. The van der Waals surface area contributed by atoms with Crippen molar-refractivity contribution >= 4 is 5.91 Å². The first-order chi connectivity index (χ1) is 7.24. The first-order valence-electron chi connectivity index (χ1n) is 5.37. The SMILES string of the molecule is CCCNCc1cccn1CCC(N)=O. The van der Waals surface area contributed by atoms with Crippen molar-refractivity contribution in [2.24, 2.45) is 5.73 Å². The van der Waals surface area contributed by atoms with E-state index in [-0.39, 0.29) is 5.91 Å². The zero-order valence-electron chi connectivity index (χ0n) is 9.20. The lowest BCUT2D eigenvalue weighted by atomic mass is 10.3. The van der Waals surface area contributed by atoms with Crippen molar-refractivity contribution < 1.29 is 4.79 Å². The second-order valence-electron chi connectivity index (χ2n) is 3.59. The number of nitrogens with zero attached hydrogens (tertiary/aromatic N) is 1. The number of carbonyl (C=O) groups is 1. The predicted octanol–water partition coefficient (Wildman–Crippen LogP) is 0.863. The molecule has 15 heavy (non-hydrogen) atoms. The summed E-state index contributed by atoms with van der Waals surface area (Å²) >= 11 is 0. The van der Waals surface area contributed by atoms with E-state index in [9.17, 15) is 4.79 Å². The lowest BCUT2D eigenvalue weighted by molar-refractivity contribution is -0.118. The Labute approximate surface area is 90.5 Å². The lowest BCUT2D eigenvalue weighted by Crippen LogP contribution is -2.18. The van der Waals surface area contributed by atoms with Crippen molar-refractivity contribution in [1.82, 2.24) is 9.88 Å². The van der Waals surface area contributed by atoms with Gasteiger partial charge < -0.3 is 15.6 Å². The summed E-state index contributed by atoms with van der Waals surface area (Å²) in [6, 6.07) is 4.05. The summed E-state index contributed by atoms with van der Waals surface area (Å²) in [5.41, 5.74) is 6.31. The first-order valence-corrected chi connectivity index (χ1v) is 5.37. The van der Waals surface area contributed by atoms with Crippen LogP contribution in [0.25, 0.3) is 0 Å². The number of aromatic nitrogens is 1. The van der Waals surface area contributed by atoms with Gasteiger partial charge in [0.15, 0.2) is 0 Å². The number of rotatable bonds is 7. The fourth-order valence-electron chi connectivity index (χ4n) is 1.45. The Morgan fingerprint density at radius 1 is 1.60 bits per heavy atom. The third-order valence-corrected chi connectivity index (χ3v) is 2.26. The van der Waals surface area contributed by atoms with Gasteiger partial charge in [-0.3, -0.25) is 4.79 Å². The number of primary amides is 1. The zero-order chi connectivity index (χ0) is 11.1. The molecule has 4 heteroatoms. The highest BCUT2D eigenvalue weighted by atomic mass is 16.1. The normalized spacial score (nSPS) is 10.5. The summed E-state index contributed by atoms with van der Waals surface area (Å²) in [6.07, 6.45) is 3.50. The summed E-state index contributed by atoms with van der Waals surface area (Å²) in [7, 11) is 0. The van der Waals surface area contributed by atoms with Crippen molar-refractivity contribution in [3.63, 3.8) is 0 Å². The van der Waals surface area contributed by atoms with Gasteiger partial charge in [0.25, 0.3) is 0 Å². The van der Waals surface area contributed by atoms with Crippen molar-refractivity contribution in [2.45, 2.75) is 32.9 Å². The van der Waals surface area contributed by atoms with Gasteiger partial charge in [-0.25, -0.2) is 0 Å². The van der Waals surface area contributed by atoms with Gasteiger partial charge in [-0.1, -0.05) is 6.92 Å². The summed E-state index contributed by atoms with van der Waals surface area (Å²) < 4.78 is 2.06. The van der Waals surface area contributed by atoms with Gasteiger partial charge in [-0.15, -0.1) is 0 Å². The number of carbonyl (C=O) groups excluding carboxylic acids is 1. The van der Waals surface area contributed by atoms with Gasteiger partial charge in [-0.05, 0) is 25.1 Å². The van der Waals surface area contributed by atoms with Gasteiger partial charge in [0.1, 0.15) is 0 Å².